The lowest BCUT2D eigenvalue weighted by Gasteiger charge is -2.31. The molecule has 2 N–H and O–H groups in total. The minimum Gasteiger partial charge on any atom is -0.455 e. The number of amides is 1. The van der Waals surface area contributed by atoms with Gasteiger partial charge in [-0.05, 0) is 56.1 Å². The summed E-state index contributed by atoms with van der Waals surface area (Å²) >= 11 is 0. The fourth-order valence-electron chi connectivity index (χ4n) is 2.85. The van der Waals surface area contributed by atoms with Crippen molar-refractivity contribution in [3.8, 4) is 11.5 Å². The van der Waals surface area contributed by atoms with Gasteiger partial charge in [-0.15, -0.1) is 0 Å². The minimum atomic E-state index is -0.0143. The van der Waals surface area contributed by atoms with Crippen molar-refractivity contribution in [3.05, 3.63) is 53.6 Å². The fraction of sp³-hybridized carbons (Fsp3) is 0.350. The van der Waals surface area contributed by atoms with Gasteiger partial charge in [0.05, 0.1) is 5.69 Å². The van der Waals surface area contributed by atoms with E-state index in [1.165, 1.54) is 0 Å². The molecule has 0 radical (unpaired) electrons. The third-order valence-corrected chi connectivity index (χ3v) is 4.70. The molecular weight excluding hydrogens is 300 g/mol. The van der Waals surface area contributed by atoms with Crippen LogP contribution in [0.2, 0.25) is 0 Å². The second-order valence-electron chi connectivity index (χ2n) is 6.52. The average Bonchev–Trinajstić information content (AvgIpc) is 2.51. The Kier molecular flexibility index (Phi) is 4.86. The first-order chi connectivity index (χ1) is 11.6. The van der Waals surface area contributed by atoms with Crippen molar-refractivity contribution in [2.75, 3.05) is 18.4 Å². The molecule has 1 atom stereocenters. The molecule has 1 saturated heterocycles. The van der Waals surface area contributed by atoms with Crippen LogP contribution < -0.4 is 15.4 Å². The number of carbonyl (C=O) groups excluding carboxylic acids is 1. The van der Waals surface area contributed by atoms with E-state index in [1.807, 2.05) is 63.2 Å². The molecule has 3 rings (SSSR count). The van der Waals surface area contributed by atoms with E-state index in [9.17, 15) is 4.79 Å². The minimum absolute atomic E-state index is 0.0143. The predicted molar refractivity (Wildman–Crippen MR) is 96.6 cm³/mol. The molecule has 2 aromatic carbocycles. The fourth-order valence-corrected chi connectivity index (χ4v) is 2.85. The van der Waals surface area contributed by atoms with Gasteiger partial charge < -0.3 is 15.4 Å². The standard InChI is InChI=1S/C20H24N2O2/c1-13-7-6-8-14(2)19(13)24-18-10-5-4-9-17(18)22-20(23)15(3)16-11-21-12-16/h4-10,15-16,21H,11-12H2,1-3H3,(H,22,23). The first kappa shape index (κ1) is 16.5. The highest BCUT2D eigenvalue weighted by Crippen LogP contribution is 2.33. The Hall–Kier alpha value is -2.33. The van der Waals surface area contributed by atoms with E-state index in [0.29, 0.717) is 17.4 Å². The van der Waals surface area contributed by atoms with Crippen LogP contribution in [0.1, 0.15) is 18.1 Å². The summed E-state index contributed by atoms with van der Waals surface area (Å²) in [6, 6.07) is 13.6. The van der Waals surface area contributed by atoms with Gasteiger partial charge in [-0.3, -0.25) is 4.79 Å². The molecule has 1 amide bonds. The number of rotatable bonds is 5. The van der Waals surface area contributed by atoms with E-state index in [0.717, 1.165) is 30.0 Å². The summed E-state index contributed by atoms with van der Waals surface area (Å²) in [7, 11) is 0. The smallest absolute Gasteiger partial charge is 0.227 e. The molecule has 1 aliphatic heterocycles. The third kappa shape index (κ3) is 3.44. The lowest BCUT2D eigenvalue weighted by Crippen LogP contribution is -2.48. The largest absolute Gasteiger partial charge is 0.455 e. The monoisotopic (exact) mass is 324 g/mol. The van der Waals surface area contributed by atoms with E-state index >= 15 is 0 Å². The van der Waals surface area contributed by atoms with Crippen molar-refractivity contribution in [1.29, 1.82) is 0 Å². The van der Waals surface area contributed by atoms with Crippen molar-refractivity contribution in [2.45, 2.75) is 20.8 Å². The molecule has 4 heteroatoms. The Morgan fingerprint density at radius 1 is 1.12 bits per heavy atom. The van der Waals surface area contributed by atoms with Crippen LogP contribution in [-0.4, -0.2) is 19.0 Å². The SMILES string of the molecule is Cc1cccc(C)c1Oc1ccccc1NC(=O)C(C)C1CNC1. The van der Waals surface area contributed by atoms with E-state index < -0.39 is 0 Å². The summed E-state index contributed by atoms with van der Waals surface area (Å²) in [6.07, 6.45) is 0. The van der Waals surface area contributed by atoms with E-state index in [1.54, 1.807) is 0 Å². The molecule has 0 saturated carbocycles. The lowest BCUT2D eigenvalue weighted by molar-refractivity contribution is -0.121. The molecule has 1 heterocycles. The zero-order chi connectivity index (χ0) is 17.1. The predicted octanol–water partition coefficient (Wildman–Crippen LogP) is 3.89. The highest BCUT2D eigenvalue weighted by Gasteiger charge is 2.29. The van der Waals surface area contributed by atoms with E-state index in [4.69, 9.17) is 4.74 Å². The van der Waals surface area contributed by atoms with Gasteiger partial charge in [0.15, 0.2) is 5.75 Å². The summed E-state index contributed by atoms with van der Waals surface area (Å²) in [4.78, 5) is 12.5. The molecule has 126 valence electrons. The van der Waals surface area contributed by atoms with Crippen LogP contribution in [0.3, 0.4) is 0 Å². The van der Waals surface area contributed by atoms with Crippen molar-refractivity contribution in [1.82, 2.24) is 5.32 Å². The summed E-state index contributed by atoms with van der Waals surface area (Å²) in [5.74, 6) is 1.95. The van der Waals surface area contributed by atoms with Gasteiger partial charge in [-0.2, -0.15) is 0 Å². The first-order valence-electron chi connectivity index (χ1n) is 8.41. The second-order valence-corrected chi connectivity index (χ2v) is 6.52. The number of benzene rings is 2. The average molecular weight is 324 g/mol. The summed E-state index contributed by atoms with van der Waals surface area (Å²) in [6.45, 7) is 7.85. The maximum Gasteiger partial charge on any atom is 0.227 e. The zero-order valence-electron chi connectivity index (χ0n) is 14.4. The quantitative estimate of drug-likeness (QED) is 0.877. The molecule has 0 aromatic heterocycles. The number of hydrogen-bond acceptors (Lipinski definition) is 3. The molecule has 0 bridgehead atoms. The van der Waals surface area contributed by atoms with Crippen LogP contribution in [0.25, 0.3) is 0 Å². The van der Waals surface area contributed by atoms with Crippen LogP contribution in [0.4, 0.5) is 5.69 Å². The summed E-state index contributed by atoms with van der Waals surface area (Å²) in [5, 5.41) is 6.24. The van der Waals surface area contributed by atoms with E-state index in [2.05, 4.69) is 10.6 Å². The molecule has 0 spiro atoms. The normalized spacial score (nSPS) is 15.5. The van der Waals surface area contributed by atoms with Gasteiger partial charge in [0.25, 0.3) is 0 Å². The van der Waals surface area contributed by atoms with Crippen LogP contribution in [0.15, 0.2) is 42.5 Å². The van der Waals surface area contributed by atoms with Crippen LogP contribution in [0, 0.1) is 25.7 Å². The van der Waals surface area contributed by atoms with Crippen molar-refractivity contribution >= 4 is 11.6 Å². The van der Waals surface area contributed by atoms with Gasteiger partial charge in [0.2, 0.25) is 5.91 Å². The molecule has 1 fully saturated rings. The number of aryl methyl sites for hydroxylation is 2. The zero-order valence-corrected chi connectivity index (χ0v) is 14.4. The number of ether oxygens (including phenoxy) is 1. The number of nitrogens with one attached hydrogen (secondary N) is 2. The molecule has 0 aliphatic carbocycles. The van der Waals surface area contributed by atoms with Gasteiger partial charge in [0.1, 0.15) is 5.75 Å². The van der Waals surface area contributed by atoms with Crippen molar-refractivity contribution in [2.24, 2.45) is 11.8 Å². The van der Waals surface area contributed by atoms with Crippen LogP contribution in [-0.2, 0) is 4.79 Å². The Labute approximate surface area is 143 Å². The summed E-state index contributed by atoms with van der Waals surface area (Å²) < 4.78 is 6.13. The Bertz CT molecular complexity index is 718. The maximum atomic E-state index is 12.5. The molecule has 24 heavy (non-hydrogen) atoms. The Morgan fingerprint density at radius 2 is 1.79 bits per heavy atom. The summed E-state index contributed by atoms with van der Waals surface area (Å²) in [5.41, 5.74) is 2.86. The van der Waals surface area contributed by atoms with E-state index in [-0.39, 0.29) is 11.8 Å². The maximum absolute atomic E-state index is 12.5. The number of carbonyl (C=O) groups is 1. The number of para-hydroxylation sites is 3. The molecular formula is C20H24N2O2. The highest BCUT2D eigenvalue weighted by molar-refractivity contribution is 5.94. The molecule has 1 unspecified atom stereocenters. The highest BCUT2D eigenvalue weighted by atomic mass is 16.5. The van der Waals surface area contributed by atoms with Gasteiger partial charge in [0, 0.05) is 5.92 Å². The van der Waals surface area contributed by atoms with Gasteiger partial charge in [-0.25, -0.2) is 0 Å². The molecule has 4 nitrogen and oxygen atoms in total. The van der Waals surface area contributed by atoms with Crippen LogP contribution in [0.5, 0.6) is 11.5 Å². The topological polar surface area (TPSA) is 50.4 Å². The second kappa shape index (κ2) is 7.05. The first-order valence-corrected chi connectivity index (χ1v) is 8.41. The lowest BCUT2D eigenvalue weighted by atomic mass is 9.88. The molecule has 2 aromatic rings. The Morgan fingerprint density at radius 3 is 2.42 bits per heavy atom. The van der Waals surface area contributed by atoms with Crippen molar-refractivity contribution in [3.63, 3.8) is 0 Å². The van der Waals surface area contributed by atoms with Gasteiger partial charge >= 0.3 is 0 Å². The Balaban J connectivity index is 1.79. The van der Waals surface area contributed by atoms with Crippen molar-refractivity contribution < 1.29 is 9.53 Å². The number of anilines is 1. The van der Waals surface area contributed by atoms with Gasteiger partial charge in [-0.1, -0.05) is 37.3 Å². The third-order valence-electron chi connectivity index (χ3n) is 4.70. The molecule has 1 aliphatic rings. The van der Waals surface area contributed by atoms with Crippen LogP contribution >= 0.6 is 0 Å². The number of hydrogen-bond donors (Lipinski definition) is 2.